The average Bonchev–Trinajstić information content (AvgIpc) is 3.16. The summed E-state index contributed by atoms with van der Waals surface area (Å²) in [5.41, 5.74) is 2.97. The Morgan fingerprint density at radius 2 is 1.80 bits per heavy atom. The van der Waals surface area contributed by atoms with Crippen LogP contribution in [-0.4, -0.2) is 20.9 Å². The Labute approximate surface area is 152 Å². The SMILES string of the molecule is CSc1ccc(/C=c2/sc3nc(-c4ccc(C)cc4)nn3c2=O)cc1. The first-order valence-corrected chi connectivity index (χ1v) is 9.80. The van der Waals surface area contributed by atoms with E-state index in [9.17, 15) is 4.79 Å². The van der Waals surface area contributed by atoms with Gasteiger partial charge in [-0.1, -0.05) is 53.3 Å². The highest BCUT2D eigenvalue weighted by Gasteiger charge is 2.11. The monoisotopic (exact) mass is 365 g/mol. The first-order chi connectivity index (χ1) is 12.1. The van der Waals surface area contributed by atoms with Crippen LogP contribution in [0.5, 0.6) is 0 Å². The normalized spacial score (nSPS) is 12.2. The number of hydrogen-bond acceptors (Lipinski definition) is 5. The minimum atomic E-state index is -0.125. The Bertz CT molecular complexity index is 1140. The number of thioether (sulfide) groups is 1. The Morgan fingerprint density at radius 3 is 2.44 bits per heavy atom. The van der Waals surface area contributed by atoms with Gasteiger partial charge in [0.15, 0.2) is 5.82 Å². The van der Waals surface area contributed by atoms with Crippen molar-refractivity contribution in [1.29, 1.82) is 0 Å². The fourth-order valence-electron chi connectivity index (χ4n) is 2.51. The number of benzene rings is 2. The molecule has 4 rings (SSSR count). The lowest BCUT2D eigenvalue weighted by atomic mass is 10.1. The summed E-state index contributed by atoms with van der Waals surface area (Å²) < 4.78 is 2.03. The van der Waals surface area contributed by atoms with E-state index in [0.29, 0.717) is 15.3 Å². The number of nitrogens with zero attached hydrogens (tertiary/aromatic N) is 3. The molecule has 2 heterocycles. The molecule has 4 nitrogen and oxygen atoms in total. The Kier molecular flexibility index (Phi) is 4.15. The topological polar surface area (TPSA) is 47.3 Å². The van der Waals surface area contributed by atoms with Gasteiger partial charge in [0.25, 0.3) is 5.56 Å². The van der Waals surface area contributed by atoms with Crippen molar-refractivity contribution >= 4 is 34.1 Å². The predicted octanol–water partition coefficient (Wildman–Crippen LogP) is 3.40. The average molecular weight is 365 g/mol. The van der Waals surface area contributed by atoms with Crippen molar-refractivity contribution in [3.8, 4) is 11.4 Å². The number of hydrogen-bond donors (Lipinski definition) is 0. The summed E-state index contributed by atoms with van der Waals surface area (Å²) in [5.74, 6) is 0.583. The molecular weight excluding hydrogens is 350 g/mol. The van der Waals surface area contributed by atoms with E-state index >= 15 is 0 Å². The van der Waals surface area contributed by atoms with Gasteiger partial charge in [-0.2, -0.15) is 9.50 Å². The minimum absolute atomic E-state index is 0.125. The van der Waals surface area contributed by atoms with E-state index in [-0.39, 0.29) is 5.56 Å². The summed E-state index contributed by atoms with van der Waals surface area (Å²) in [7, 11) is 0. The number of rotatable bonds is 3. The molecule has 2 aromatic carbocycles. The van der Waals surface area contributed by atoms with Crippen LogP contribution in [0.15, 0.2) is 58.2 Å². The van der Waals surface area contributed by atoms with E-state index in [2.05, 4.69) is 10.1 Å². The third-order valence-electron chi connectivity index (χ3n) is 3.91. The standard InChI is InChI=1S/C19H15N3OS2/c1-12-3-7-14(8-4-12)17-20-19-22(21-17)18(23)16(25-19)11-13-5-9-15(24-2)10-6-13/h3-11H,1-2H3/b16-11+. The molecule has 0 atom stereocenters. The first-order valence-electron chi connectivity index (χ1n) is 7.76. The quantitative estimate of drug-likeness (QED) is 0.522. The largest absolute Gasteiger partial charge is 0.291 e. The van der Waals surface area contributed by atoms with Crippen molar-refractivity contribution in [1.82, 2.24) is 14.6 Å². The second-order valence-electron chi connectivity index (χ2n) is 5.68. The van der Waals surface area contributed by atoms with Gasteiger partial charge in [-0.05, 0) is 37.0 Å². The molecule has 124 valence electrons. The van der Waals surface area contributed by atoms with Crippen LogP contribution in [0.25, 0.3) is 22.4 Å². The Hall–Kier alpha value is -2.44. The van der Waals surface area contributed by atoms with Crippen molar-refractivity contribution in [2.24, 2.45) is 0 Å². The molecule has 0 amide bonds. The smallest absolute Gasteiger partial charge is 0.266 e. The van der Waals surface area contributed by atoms with E-state index in [1.165, 1.54) is 26.3 Å². The fraction of sp³-hybridized carbons (Fsp3) is 0.105. The minimum Gasteiger partial charge on any atom is -0.266 e. The van der Waals surface area contributed by atoms with Crippen molar-refractivity contribution in [2.45, 2.75) is 11.8 Å². The molecule has 0 unspecified atom stereocenters. The lowest BCUT2D eigenvalue weighted by Gasteiger charge is -1.96. The number of thiazole rings is 1. The van der Waals surface area contributed by atoms with E-state index in [0.717, 1.165) is 11.1 Å². The van der Waals surface area contributed by atoms with Crippen LogP contribution in [0.4, 0.5) is 0 Å². The zero-order chi connectivity index (χ0) is 17.4. The van der Waals surface area contributed by atoms with Crippen LogP contribution in [0.2, 0.25) is 0 Å². The number of aryl methyl sites for hydroxylation is 1. The molecule has 0 aliphatic heterocycles. The highest BCUT2D eigenvalue weighted by atomic mass is 32.2. The summed E-state index contributed by atoms with van der Waals surface area (Å²) in [5, 5.41) is 4.38. The molecule has 0 saturated heterocycles. The summed E-state index contributed by atoms with van der Waals surface area (Å²) in [6.07, 6.45) is 3.93. The van der Waals surface area contributed by atoms with Crippen LogP contribution >= 0.6 is 23.1 Å². The van der Waals surface area contributed by atoms with Crippen LogP contribution < -0.4 is 10.1 Å². The predicted molar refractivity (Wildman–Crippen MR) is 104 cm³/mol. The second kappa shape index (κ2) is 6.46. The van der Waals surface area contributed by atoms with Gasteiger partial charge in [0, 0.05) is 10.5 Å². The zero-order valence-corrected chi connectivity index (χ0v) is 15.4. The molecule has 0 saturated carbocycles. The van der Waals surface area contributed by atoms with Crippen molar-refractivity contribution in [3.63, 3.8) is 0 Å². The van der Waals surface area contributed by atoms with Gasteiger partial charge in [-0.3, -0.25) is 4.79 Å². The summed E-state index contributed by atoms with van der Waals surface area (Å²) in [4.78, 5) is 18.9. The zero-order valence-electron chi connectivity index (χ0n) is 13.8. The summed E-state index contributed by atoms with van der Waals surface area (Å²) in [6.45, 7) is 2.03. The molecule has 0 fully saturated rings. The van der Waals surface area contributed by atoms with Crippen molar-refractivity contribution < 1.29 is 0 Å². The van der Waals surface area contributed by atoms with E-state index < -0.39 is 0 Å². The van der Waals surface area contributed by atoms with Gasteiger partial charge in [0.1, 0.15) is 0 Å². The lowest BCUT2D eigenvalue weighted by Crippen LogP contribution is -2.23. The number of aromatic nitrogens is 3. The van der Waals surface area contributed by atoms with Crippen LogP contribution in [-0.2, 0) is 0 Å². The molecule has 0 bridgehead atoms. The first kappa shape index (κ1) is 16.1. The molecule has 2 aromatic heterocycles. The highest BCUT2D eigenvalue weighted by molar-refractivity contribution is 7.98. The second-order valence-corrected chi connectivity index (χ2v) is 7.57. The molecule has 0 radical (unpaired) electrons. The van der Waals surface area contributed by atoms with E-state index in [4.69, 9.17) is 0 Å². The number of fused-ring (bicyclic) bond motifs is 1. The van der Waals surface area contributed by atoms with E-state index in [1.807, 2.05) is 67.8 Å². The highest BCUT2D eigenvalue weighted by Crippen LogP contribution is 2.17. The maximum Gasteiger partial charge on any atom is 0.291 e. The van der Waals surface area contributed by atoms with Gasteiger partial charge in [-0.15, -0.1) is 16.9 Å². The van der Waals surface area contributed by atoms with Gasteiger partial charge in [0.2, 0.25) is 4.96 Å². The molecule has 0 spiro atoms. The molecular formula is C19H15N3OS2. The van der Waals surface area contributed by atoms with E-state index in [1.54, 1.807) is 11.8 Å². The lowest BCUT2D eigenvalue weighted by molar-refractivity contribution is 0.937. The summed E-state index contributed by atoms with van der Waals surface area (Å²) in [6, 6.07) is 16.1. The summed E-state index contributed by atoms with van der Waals surface area (Å²) >= 11 is 3.06. The van der Waals surface area contributed by atoms with Crippen LogP contribution in [0, 0.1) is 6.92 Å². The fourth-order valence-corrected chi connectivity index (χ4v) is 3.83. The van der Waals surface area contributed by atoms with Crippen LogP contribution in [0.1, 0.15) is 11.1 Å². The maximum atomic E-state index is 12.6. The molecule has 4 aromatic rings. The third kappa shape index (κ3) is 3.10. The van der Waals surface area contributed by atoms with Gasteiger partial charge < -0.3 is 0 Å². The van der Waals surface area contributed by atoms with Gasteiger partial charge in [-0.25, -0.2) is 0 Å². The molecule has 0 aliphatic carbocycles. The molecule has 6 heteroatoms. The third-order valence-corrected chi connectivity index (χ3v) is 5.61. The molecule has 0 N–H and O–H groups in total. The Morgan fingerprint density at radius 1 is 1.08 bits per heavy atom. The van der Waals surface area contributed by atoms with Crippen molar-refractivity contribution in [2.75, 3.05) is 6.26 Å². The molecule has 0 aliphatic rings. The Balaban J connectivity index is 1.76. The van der Waals surface area contributed by atoms with Gasteiger partial charge in [0.05, 0.1) is 4.53 Å². The van der Waals surface area contributed by atoms with Gasteiger partial charge >= 0.3 is 0 Å². The van der Waals surface area contributed by atoms with Crippen molar-refractivity contribution in [3.05, 3.63) is 74.5 Å². The molecule has 25 heavy (non-hydrogen) atoms. The maximum absolute atomic E-state index is 12.6. The van der Waals surface area contributed by atoms with Crippen LogP contribution in [0.3, 0.4) is 0 Å².